The van der Waals surface area contributed by atoms with Gasteiger partial charge in [0, 0.05) is 31.2 Å². The number of nitrogens with one attached hydrogen (secondary N) is 1. The normalized spacial score (nSPS) is 17.1. The lowest BCUT2D eigenvalue weighted by molar-refractivity contribution is -0.120. The van der Waals surface area contributed by atoms with Crippen molar-refractivity contribution in [3.8, 4) is 5.13 Å². The number of anilines is 2. The number of amides is 1. The first-order valence-corrected chi connectivity index (χ1v) is 10.0. The van der Waals surface area contributed by atoms with Gasteiger partial charge in [0.2, 0.25) is 16.2 Å². The molecule has 27 heavy (non-hydrogen) atoms. The molecule has 4 rings (SSSR count). The fourth-order valence-electron chi connectivity index (χ4n) is 3.33. The van der Waals surface area contributed by atoms with Crippen LogP contribution in [0.1, 0.15) is 24.0 Å². The minimum absolute atomic E-state index is 0.0423. The van der Waals surface area contributed by atoms with E-state index in [4.69, 9.17) is 0 Å². The van der Waals surface area contributed by atoms with Gasteiger partial charge in [-0.15, -0.1) is 10.2 Å². The van der Waals surface area contributed by atoms with E-state index in [-0.39, 0.29) is 11.8 Å². The van der Waals surface area contributed by atoms with Crippen LogP contribution in [0.25, 0.3) is 5.13 Å². The average Bonchev–Trinajstić information content (AvgIpc) is 3.36. The summed E-state index contributed by atoms with van der Waals surface area (Å²) in [5, 5.41) is 13.4. The van der Waals surface area contributed by atoms with Gasteiger partial charge in [-0.05, 0) is 62.1 Å². The van der Waals surface area contributed by atoms with Crippen molar-refractivity contribution in [2.24, 2.45) is 5.92 Å². The third kappa shape index (κ3) is 3.88. The van der Waals surface area contributed by atoms with E-state index in [0.717, 1.165) is 35.3 Å². The molecule has 1 aliphatic heterocycles. The van der Waals surface area contributed by atoms with Gasteiger partial charge in [0.15, 0.2) is 0 Å². The van der Waals surface area contributed by atoms with Gasteiger partial charge in [-0.2, -0.15) is 0 Å². The second-order valence-electron chi connectivity index (χ2n) is 7.03. The Labute approximate surface area is 162 Å². The number of carbonyl (C=O) groups excluding carboxylic acids is 1. The first-order chi connectivity index (χ1) is 13.1. The number of aryl methyl sites for hydroxylation is 2. The summed E-state index contributed by atoms with van der Waals surface area (Å²) < 4.78 is 1.95. The number of hydrogen-bond donors (Lipinski definition) is 1. The van der Waals surface area contributed by atoms with Crippen molar-refractivity contribution in [2.45, 2.75) is 26.7 Å². The summed E-state index contributed by atoms with van der Waals surface area (Å²) >= 11 is 1.55. The van der Waals surface area contributed by atoms with Crippen LogP contribution in [-0.2, 0) is 4.79 Å². The maximum absolute atomic E-state index is 12.8. The van der Waals surface area contributed by atoms with Crippen molar-refractivity contribution in [3.63, 3.8) is 0 Å². The monoisotopic (exact) mass is 381 g/mol. The predicted molar refractivity (Wildman–Crippen MR) is 109 cm³/mol. The lowest BCUT2D eigenvalue weighted by Crippen LogP contribution is -2.40. The molecule has 0 saturated carbocycles. The predicted octanol–water partition coefficient (Wildman–Crippen LogP) is 3.80. The highest BCUT2D eigenvalue weighted by atomic mass is 32.1. The Morgan fingerprint density at radius 1 is 1.15 bits per heavy atom. The molecule has 3 heterocycles. The van der Waals surface area contributed by atoms with Crippen LogP contribution in [0.3, 0.4) is 0 Å². The zero-order valence-corrected chi connectivity index (χ0v) is 16.4. The minimum atomic E-state index is -0.0423. The Balaban J connectivity index is 1.43. The van der Waals surface area contributed by atoms with Crippen molar-refractivity contribution in [1.82, 2.24) is 14.8 Å². The van der Waals surface area contributed by atoms with Crippen LogP contribution < -0.4 is 10.2 Å². The highest BCUT2D eigenvalue weighted by Gasteiger charge is 2.28. The maximum atomic E-state index is 12.8. The number of piperidine rings is 1. The number of carbonyl (C=O) groups is 1. The molecule has 3 aromatic rings. The van der Waals surface area contributed by atoms with Crippen LogP contribution in [0.2, 0.25) is 0 Å². The molecule has 7 heteroatoms. The van der Waals surface area contributed by atoms with E-state index < -0.39 is 0 Å². The zero-order chi connectivity index (χ0) is 18.8. The number of hydrogen-bond acceptors (Lipinski definition) is 5. The van der Waals surface area contributed by atoms with Gasteiger partial charge >= 0.3 is 0 Å². The molecule has 0 spiro atoms. The van der Waals surface area contributed by atoms with E-state index in [1.165, 1.54) is 11.1 Å². The third-order valence-corrected chi connectivity index (χ3v) is 6.06. The molecule has 1 aromatic carbocycles. The van der Waals surface area contributed by atoms with E-state index in [2.05, 4.69) is 34.3 Å². The van der Waals surface area contributed by atoms with Crippen LogP contribution in [0.4, 0.5) is 10.8 Å². The van der Waals surface area contributed by atoms with Gasteiger partial charge in [-0.25, -0.2) is 0 Å². The molecule has 0 aliphatic carbocycles. The summed E-state index contributed by atoms with van der Waals surface area (Å²) in [7, 11) is 0. The summed E-state index contributed by atoms with van der Waals surface area (Å²) in [6, 6.07) is 9.98. The number of benzene rings is 1. The molecule has 6 nitrogen and oxygen atoms in total. The van der Waals surface area contributed by atoms with E-state index >= 15 is 0 Å². The highest BCUT2D eigenvalue weighted by Crippen LogP contribution is 2.28. The highest BCUT2D eigenvalue weighted by molar-refractivity contribution is 7.17. The molecule has 1 unspecified atom stereocenters. The first kappa shape index (κ1) is 17.7. The van der Waals surface area contributed by atoms with Gasteiger partial charge in [0.1, 0.15) is 0 Å². The smallest absolute Gasteiger partial charge is 0.229 e. The van der Waals surface area contributed by atoms with Gasteiger partial charge in [0.05, 0.1) is 5.92 Å². The van der Waals surface area contributed by atoms with E-state index in [9.17, 15) is 4.79 Å². The third-order valence-electron chi connectivity index (χ3n) is 5.07. The van der Waals surface area contributed by atoms with Crippen LogP contribution >= 0.6 is 11.3 Å². The van der Waals surface area contributed by atoms with Gasteiger partial charge in [-0.3, -0.25) is 9.36 Å². The first-order valence-electron chi connectivity index (χ1n) is 9.20. The summed E-state index contributed by atoms with van der Waals surface area (Å²) in [4.78, 5) is 14.9. The molecule has 0 radical (unpaired) electrons. The fraction of sp³-hybridized carbons (Fsp3) is 0.350. The van der Waals surface area contributed by atoms with E-state index in [0.29, 0.717) is 6.54 Å². The average molecular weight is 382 g/mol. The molecule has 140 valence electrons. The van der Waals surface area contributed by atoms with Crippen molar-refractivity contribution in [1.29, 1.82) is 0 Å². The summed E-state index contributed by atoms with van der Waals surface area (Å²) in [6.45, 7) is 5.72. The Morgan fingerprint density at radius 2 is 1.93 bits per heavy atom. The number of aromatic nitrogens is 3. The molecule has 1 atom stereocenters. The molecule has 1 saturated heterocycles. The number of rotatable bonds is 4. The van der Waals surface area contributed by atoms with E-state index in [1.807, 2.05) is 47.3 Å². The van der Waals surface area contributed by atoms with Crippen LogP contribution in [0.15, 0.2) is 42.7 Å². The van der Waals surface area contributed by atoms with Crippen molar-refractivity contribution < 1.29 is 4.79 Å². The largest absolute Gasteiger partial charge is 0.346 e. The van der Waals surface area contributed by atoms with Gasteiger partial charge in [-0.1, -0.05) is 17.4 Å². The minimum Gasteiger partial charge on any atom is -0.346 e. The quantitative estimate of drug-likeness (QED) is 0.747. The SMILES string of the molecule is Cc1ccc(NC(=O)C2CCCN(c3nnc(-n4cccc4)s3)C2)cc1C. The second-order valence-corrected chi connectivity index (χ2v) is 7.97. The van der Waals surface area contributed by atoms with Crippen molar-refractivity contribution >= 4 is 28.1 Å². The fourth-order valence-corrected chi connectivity index (χ4v) is 4.18. The van der Waals surface area contributed by atoms with Crippen molar-refractivity contribution in [3.05, 3.63) is 53.9 Å². The molecule has 1 aliphatic rings. The zero-order valence-electron chi connectivity index (χ0n) is 15.6. The molecular formula is C20H23N5OS. The Morgan fingerprint density at radius 3 is 2.70 bits per heavy atom. The Kier molecular flexibility index (Phi) is 4.94. The second kappa shape index (κ2) is 7.52. The van der Waals surface area contributed by atoms with Crippen LogP contribution in [0, 0.1) is 19.8 Å². The lowest BCUT2D eigenvalue weighted by Gasteiger charge is -2.31. The summed E-state index contributed by atoms with van der Waals surface area (Å²) in [5.41, 5.74) is 3.28. The molecule has 1 amide bonds. The van der Waals surface area contributed by atoms with E-state index in [1.54, 1.807) is 11.3 Å². The maximum Gasteiger partial charge on any atom is 0.229 e. The summed E-state index contributed by atoms with van der Waals surface area (Å²) in [5.74, 6) is 0.0392. The van der Waals surface area contributed by atoms with Crippen molar-refractivity contribution in [2.75, 3.05) is 23.3 Å². The lowest BCUT2D eigenvalue weighted by atomic mass is 9.97. The number of nitrogens with zero attached hydrogens (tertiary/aromatic N) is 4. The molecule has 2 aromatic heterocycles. The molecule has 1 N–H and O–H groups in total. The standard InChI is InChI=1S/C20H23N5OS/c1-14-7-8-17(12-15(14)2)21-18(26)16-6-5-11-25(13-16)20-23-22-19(27-20)24-9-3-4-10-24/h3-4,7-10,12,16H,5-6,11,13H2,1-2H3,(H,21,26). The molecule has 1 fully saturated rings. The van der Waals surface area contributed by atoms with Crippen LogP contribution in [-0.4, -0.2) is 33.8 Å². The van der Waals surface area contributed by atoms with Gasteiger partial charge in [0.25, 0.3) is 0 Å². The summed E-state index contributed by atoms with van der Waals surface area (Å²) in [6.07, 6.45) is 5.79. The van der Waals surface area contributed by atoms with Crippen LogP contribution in [0.5, 0.6) is 0 Å². The van der Waals surface area contributed by atoms with Gasteiger partial charge < -0.3 is 10.2 Å². The molecule has 0 bridgehead atoms. The Hall–Kier alpha value is -2.67. The molecular weight excluding hydrogens is 358 g/mol. The topological polar surface area (TPSA) is 63.1 Å². The Bertz CT molecular complexity index is 934.